The van der Waals surface area contributed by atoms with E-state index < -0.39 is 31.1 Å². The molecule has 0 radical (unpaired) electrons. The van der Waals surface area contributed by atoms with Crippen LogP contribution >= 0.6 is 0 Å². The van der Waals surface area contributed by atoms with Crippen LogP contribution in [0.25, 0.3) is 11.0 Å². The largest absolute Gasteiger partial charge is 0.394 e. The number of nitrogens with zero attached hydrogens (tertiary/aromatic N) is 4. The highest BCUT2D eigenvalue weighted by Gasteiger charge is 2.44. The molecular weight excluding hydrogens is 290 g/mol. The number of anilines is 1. The summed E-state index contributed by atoms with van der Waals surface area (Å²) in [5, 5.41) is 41.8. The molecule has 0 aliphatic carbocycles. The first kappa shape index (κ1) is 14.7. The first-order chi connectivity index (χ1) is 10.6. The van der Waals surface area contributed by atoms with Crippen LogP contribution in [0, 0.1) is 11.3 Å². The Balaban J connectivity index is 2.15. The van der Waals surface area contributed by atoms with Gasteiger partial charge in [0.2, 0.25) is 0 Å². The molecule has 9 nitrogen and oxygen atoms in total. The van der Waals surface area contributed by atoms with Crippen molar-refractivity contribution >= 4 is 16.9 Å². The van der Waals surface area contributed by atoms with Crippen LogP contribution in [0.2, 0.25) is 0 Å². The summed E-state index contributed by atoms with van der Waals surface area (Å²) in [6, 6.07) is 2.05. The second-order valence-electron chi connectivity index (χ2n) is 4.96. The van der Waals surface area contributed by atoms with Gasteiger partial charge in [-0.15, -0.1) is 0 Å². The van der Waals surface area contributed by atoms with Gasteiger partial charge in [-0.25, -0.2) is 9.97 Å². The number of nitriles is 1. The zero-order chi connectivity index (χ0) is 15.9. The van der Waals surface area contributed by atoms with Crippen LogP contribution < -0.4 is 5.32 Å². The number of aliphatic hydroxyl groups is 3. The summed E-state index contributed by atoms with van der Waals surface area (Å²) in [5.41, 5.74) is 0.712. The zero-order valence-electron chi connectivity index (χ0n) is 11.7. The molecule has 2 aromatic rings. The van der Waals surface area contributed by atoms with Crippen molar-refractivity contribution in [2.45, 2.75) is 24.5 Å². The Morgan fingerprint density at radius 2 is 2.18 bits per heavy atom. The Bertz CT molecular complexity index is 740. The Hall–Kier alpha value is -2.25. The number of aliphatic hydroxyl groups excluding tert-OH is 3. The van der Waals surface area contributed by atoms with Gasteiger partial charge in [-0.3, -0.25) is 0 Å². The molecule has 0 bridgehead atoms. The first-order valence-corrected chi connectivity index (χ1v) is 6.68. The van der Waals surface area contributed by atoms with Gasteiger partial charge in [0, 0.05) is 13.2 Å². The molecule has 4 N–H and O–H groups in total. The average Bonchev–Trinajstić information content (AvgIpc) is 3.06. The van der Waals surface area contributed by atoms with Crippen LogP contribution in [0.15, 0.2) is 12.5 Å². The Morgan fingerprint density at radius 3 is 2.77 bits per heavy atom. The van der Waals surface area contributed by atoms with Crippen LogP contribution in [0.4, 0.5) is 5.82 Å². The van der Waals surface area contributed by atoms with E-state index in [0.29, 0.717) is 22.4 Å². The molecule has 0 saturated carbocycles. The fourth-order valence-electron chi connectivity index (χ4n) is 2.66. The monoisotopic (exact) mass is 305 g/mol. The summed E-state index contributed by atoms with van der Waals surface area (Å²) < 4.78 is 6.96. The summed E-state index contributed by atoms with van der Waals surface area (Å²) in [5.74, 6) is 0.479. The normalized spacial score (nSPS) is 28.0. The molecule has 22 heavy (non-hydrogen) atoms. The predicted molar refractivity (Wildman–Crippen MR) is 74.8 cm³/mol. The molecule has 1 fully saturated rings. The topological polar surface area (TPSA) is 136 Å². The SMILES string of the molecule is CNc1ncnc2c1c(C#N)cn2[C@@H]1O[C@H](CO)C(O)[C@@H]1O. The van der Waals surface area contributed by atoms with E-state index in [1.165, 1.54) is 17.1 Å². The van der Waals surface area contributed by atoms with Gasteiger partial charge in [0.1, 0.15) is 42.2 Å². The van der Waals surface area contributed by atoms with E-state index in [1.54, 1.807) is 7.05 Å². The summed E-state index contributed by atoms with van der Waals surface area (Å²) in [4.78, 5) is 8.20. The van der Waals surface area contributed by atoms with E-state index in [9.17, 15) is 20.6 Å². The minimum atomic E-state index is -1.24. The van der Waals surface area contributed by atoms with Crippen LogP contribution in [-0.2, 0) is 4.74 Å². The number of hydrogen-bond acceptors (Lipinski definition) is 8. The summed E-state index contributed by atoms with van der Waals surface area (Å²) in [6.07, 6.45) is -1.49. The van der Waals surface area contributed by atoms with Crippen molar-refractivity contribution in [3.63, 3.8) is 0 Å². The maximum Gasteiger partial charge on any atom is 0.164 e. The molecular formula is C13H15N5O4. The van der Waals surface area contributed by atoms with Gasteiger partial charge in [-0.05, 0) is 0 Å². The van der Waals surface area contributed by atoms with E-state index in [0.717, 1.165) is 0 Å². The highest BCUT2D eigenvalue weighted by Crippen LogP contribution is 2.34. The molecule has 1 unspecified atom stereocenters. The molecule has 1 aliphatic rings. The Labute approximate surface area is 125 Å². The highest BCUT2D eigenvalue weighted by atomic mass is 16.6. The van der Waals surface area contributed by atoms with Crippen LogP contribution in [-0.4, -0.2) is 61.8 Å². The molecule has 0 spiro atoms. The van der Waals surface area contributed by atoms with Gasteiger partial charge in [0.15, 0.2) is 6.23 Å². The lowest BCUT2D eigenvalue weighted by Gasteiger charge is -2.17. The number of fused-ring (bicyclic) bond motifs is 1. The lowest BCUT2D eigenvalue weighted by Crippen LogP contribution is -2.33. The van der Waals surface area contributed by atoms with Crippen molar-refractivity contribution < 1.29 is 20.1 Å². The van der Waals surface area contributed by atoms with Gasteiger partial charge in [-0.1, -0.05) is 0 Å². The maximum atomic E-state index is 10.1. The van der Waals surface area contributed by atoms with Crippen LogP contribution in [0.5, 0.6) is 0 Å². The van der Waals surface area contributed by atoms with Crippen molar-refractivity contribution in [1.82, 2.24) is 14.5 Å². The number of nitrogens with one attached hydrogen (secondary N) is 1. The zero-order valence-corrected chi connectivity index (χ0v) is 11.7. The molecule has 1 aliphatic heterocycles. The predicted octanol–water partition coefficient (Wildman–Crippen LogP) is -1.04. The quantitative estimate of drug-likeness (QED) is 0.564. The van der Waals surface area contributed by atoms with Gasteiger partial charge in [0.05, 0.1) is 17.6 Å². The second-order valence-corrected chi connectivity index (χ2v) is 4.96. The van der Waals surface area contributed by atoms with Gasteiger partial charge >= 0.3 is 0 Å². The van der Waals surface area contributed by atoms with E-state index >= 15 is 0 Å². The van der Waals surface area contributed by atoms with E-state index in [2.05, 4.69) is 15.3 Å². The smallest absolute Gasteiger partial charge is 0.164 e. The lowest BCUT2D eigenvalue weighted by atomic mass is 10.1. The summed E-state index contributed by atoms with van der Waals surface area (Å²) in [6.45, 7) is -0.421. The third-order valence-electron chi connectivity index (χ3n) is 3.76. The molecule has 3 heterocycles. The third kappa shape index (κ3) is 2.01. The maximum absolute atomic E-state index is 10.1. The van der Waals surface area contributed by atoms with Crippen LogP contribution in [0.1, 0.15) is 11.8 Å². The van der Waals surface area contributed by atoms with Gasteiger partial charge in [0.25, 0.3) is 0 Å². The van der Waals surface area contributed by atoms with Crippen molar-refractivity contribution in [2.75, 3.05) is 19.0 Å². The van der Waals surface area contributed by atoms with Crippen LogP contribution in [0.3, 0.4) is 0 Å². The summed E-state index contributed by atoms with van der Waals surface area (Å²) >= 11 is 0. The van der Waals surface area contributed by atoms with Crippen molar-refractivity contribution in [1.29, 1.82) is 5.26 Å². The molecule has 116 valence electrons. The minimum Gasteiger partial charge on any atom is -0.394 e. The summed E-state index contributed by atoms with van der Waals surface area (Å²) in [7, 11) is 1.67. The van der Waals surface area contributed by atoms with E-state index in [4.69, 9.17) is 4.74 Å². The van der Waals surface area contributed by atoms with E-state index in [1.807, 2.05) is 6.07 Å². The Morgan fingerprint density at radius 1 is 1.41 bits per heavy atom. The van der Waals surface area contributed by atoms with Gasteiger partial charge < -0.3 is 29.9 Å². The molecule has 2 aromatic heterocycles. The number of ether oxygens (including phenoxy) is 1. The second kappa shape index (κ2) is 5.51. The Kier molecular flexibility index (Phi) is 3.67. The minimum absolute atomic E-state index is 0.317. The molecule has 9 heteroatoms. The molecule has 0 aromatic carbocycles. The highest BCUT2D eigenvalue weighted by molar-refractivity contribution is 5.92. The molecule has 3 rings (SSSR count). The lowest BCUT2D eigenvalue weighted by molar-refractivity contribution is -0.0508. The first-order valence-electron chi connectivity index (χ1n) is 6.68. The number of rotatable bonds is 3. The fraction of sp³-hybridized carbons (Fsp3) is 0.462. The van der Waals surface area contributed by atoms with E-state index in [-0.39, 0.29) is 0 Å². The average molecular weight is 305 g/mol. The molecule has 0 amide bonds. The van der Waals surface area contributed by atoms with Gasteiger partial charge in [-0.2, -0.15) is 5.26 Å². The standard InChI is InChI=1S/C13H15N5O4/c1-15-11-8-6(2-14)3-18(12(8)17-5-16-11)13-10(21)9(20)7(4-19)22-13/h3,5,7,9-10,13,19-21H,4H2,1H3,(H,15,16,17)/t7-,9?,10+,13-/m1/s1. The number of hydrogen-bond donors (Lipinski definition) is 4. The number of aromatic nitrogens is 3. The fourth-order valence-corrected chi connectivity index (χ4v) is 2.66. The third-order valence-corrected chi connectivity index (χ3v) is 3.76. The molecule has 4 atom stereocenters. The molecule has 1 saturated heterocycles. The van der Waals surface area contributed by atoms with Crippen molar-refractivity contribution in [3.05, 3.63) is 18.1 Å². The van der Waals surface area contributed by atoms with Crippen molar-refractivity contribution in [2.24, 2.45) is 0 Å². The van der Waals surface area contributed by atoms with Crippen molar-refractivity contribution in [3.8, 4) is 6.07 Å².